The van der Waals surface area contributed by atoms with Crippen LogP contribution >= 0.6 is 0 Å². The summed E-state index contributed by atoms with van der Waals surface area (Å²) in [6, 6.07) is 0. The number of hydrogen-bond donors (Lipinski definition) is 0. The zero-order valence-electron chi connectivity index (χ0n) is 4.52. The van der Waals surface area contributed by atoms with E-state index in [1.54, 1.807) is 0 Å². The van der Waals surface area contributed by atoms with E-state index in [1.807, 2.05) is 0 Å². The van der Waals surface area contributed by atoms with E-state index in [2.05, 4.69) is 4.98 Å². The lowest BCUT2D eigenvalue weighted by Gasteiger charge is -1.95. The lowest BCUT2D eigenvalue weighted by atomic mass is 10.4. The maximum Gasteiger partial charge on any atom is 0.289 e. The summed E-state index contributed by atoms with van der Waals surface area (Å²) in [6.45, 7) is 0. The van der Waals surface area contributed by atoms with Crippen molar-refractivity contribution in [1.29, 1.82) is 0 Å². The van der Waals surface area contributed by atoms with E-state index in [1.165, 1.54) is 6.20 Å². The summed E-state index contributed by atoms with van der Waals surface area (Å²) in [5.74, 6) is 0. The summed E-state index contributed by atoms with van der Waals surface area (Å²) in [7, 11) is 0. The van der Waals surface area contributed by atoms with Crippen LogP contribution in [0.3, 0.4) is 0 Å². The second kappa shape index (κ2) is 2.21. The molecule has 0 aliphatic rings. The van der Waals surface area contributed by atoms with E-state index in [0.29, 0.717) is 11.0 Å². The molecule has 0 saturated heterocycles. The second-order valence-electron chi connectivity index (χ2n) is 1.50. The largest absolute Gasteiger partial charge is 0.711 e. The van der Waals surface area contributed by atoms with Gasteiger partial charge in [-0.1, -0.05) is 4.98 Å². The van der Waals surface area contributed by atoms with Crippen LogP contribution in [0.1, 0.15) is 10.4 Å². The van der Waals surface area contributed by atoms with Crippen LogP contribution in [0, 0.1) is 5.21 Å². The highest BCUT2D eigenvalue weighted by atomic mass is 16.5. The molecule has 0 N–H and O–H groups in total. The Morgan fingerprint density at radius 3 is 3.00 bits per heavy atom. The monoisotopic (exact) mass is 124 g/mol. The lowest BCUT2D eigenvalue weighted by Crippen LogP contribution is -2.25. The molecule has 0 saturated carbocycles. The first-order valence-electron chi connectivity index (χ1n) is 2.32. The highest BCUT2D eigenvalue weighted by Gasteiger charge is 1.92. The third-order valence-electron chi connectivity index (χ3n) is 0.816. The van der Waals surface area contributed by atoms with Crippen molar-refractivity contribution in [1.82, 2.24) is 4.98 Å². The van der Waals surface area contributed by atoms with Crippen molar-refractivity contribution in [3.63, 3.8) is 0 Å². The van der Waals surface area contributed by atoms with Gasteiger partial charge in [0, 0.05) is 0 Å². The normalized spacial score (nSPS) is 8.89. The number of nitrogens with zero attached hydrogens (tertiary/aromatic N) is 2. The molecular weight excluding hydrogens is 120 g/mol. The summed E-state index contributed by atoms with van der Waals surface area (Å²) in [5, 5.41) is 10.3. The molecule has 1 aromatic heterocycles. The fourth-order valence-electron chi connectivity index (χ4n) is 0.460. The molecule has 0 unspecified atom stereocenters. The number of rotatable bonds is 1. The Hall–Kier alpha value is -1.45. The maximum absolute atomic E-state index is 10.3. The first-order valence-corrected chi connectivity index (χ1v) is 2.32. The van der Waals surface area contributed by atoms with Crippen LogP contribution in [0.4, 0.5) is 0 Å². The van der Waals surface area contributed by atoms with Crippen molar-refractivity contribution in [3.8, 4) is 0 Å². The molecule has 0 bridgehead atoms. The van der Waals surface area contributed by atoms with Crippen molar-refractivity contribution in [3.05, 3.63) is 29.5 Å². The van der Waals surface area contributed by atoms with Crippen LogP contribution in [-0.2, 0) is 0 Å². The predicted octanol–water partition coefficient (Wildman–Crippen LogP) is -0.472. The van der Waals surface area contributed by atoms with E-state index in [-0.39, 0.29) is 5.56 Å². The van der Waals surface area contributed by atoms with Gasteiger partial charge in [0.1, 0.15) is 6.20 Å². The molecular formula is C5H4N2O2. The number of hydrogen-bond acceptors (Lipinski definition) is 3. The fraction of sp³-hybridized carbons (Fsp3) is 0. The van der Waals surface area contributed by atoms with E-state index in [0.717, 1.165) is 12.5 Å². The van der Waals surface area contributed by atoms with Crippen molar-refractivity contribution in [2.24, 2.45) is 0 Å². The molecule has 1 rings (SSSR count). The summed E-state index contributed by atoms with van der Waals surface area (Å²) in [4.78, 5) is 13.4. The molecule has 0 aliphatic carbocycles. The molecule has 4 nitrogen and oxygen atoms in total. The van der Waals surface area contributed by atoms with Crippen LogP contribution in [0.25, 0.3) is 0 Å². The van der Waals surface area contributed by atoms with Gasteiger partial charge in [0.2, 0.25) is 0 Å². The molecule has 9 heavy (non-hydrogen) atoms. The van der Waals surface area contributed by atoms with Gasteiger partial charge in [0.15, 0.2) is 12.5 Å². The third-order valence-corrected chi connectivity index (χ3v) is 0.816. The second-order valence-corrected chi connectivity index (χ2v) is 1.50. The molecule has 0 fully saturated rings. The Morgan fingerprint density at radius 2 is 2.56 bits per heavy atom. The van der Waals surface area contributed by atoms with Gasteiger partial charge < -0.3 is 5.21 Å². The van der Waals surface area contributed by atoms with Crippen LogP contribution in [0.2, 0.25) is 0 Å². The molecule has 0 aliphatic heterocycles. The average Bonchev–Trinajstić information content (AvgIpc) is 1.88. The van der Waals surface area contributed by atoms with Gasteiger partial charge in [-0.3, -0.25) is 4.79 Å². The third kappa shape index (κ3) is 1.22. The van der Waals surface area contributed by atoms with Crippen molar-refractivity contribution >= 4 is 6.29 Å². The van der Waals surface area contributed by atoms with Gasteiger partial charge in [-0.15, -0.1) is 0 Å². The topological polar surface area (TPSA) is 56.9 Å². The molecule has 1 heterocycles. The first-order chi connectivity index (χ1) is 4.33. The van der Waals surface area contributed by atoms with E-state index in [9.17, 15) is 10.0 Å². The highest BCUT2D eigenvalue weighted by Crippen LogP contribution is 1.82. The summed E-state index contributed by atoms with van der Waals surface area (Å²) in [5.41, 5.74) is 0.285. The highest BCUT2D eigenvalue weighted by molar-refractivity contribution is 5.72. The van der Waals surface area contributed by atoms with Crippen LogP contribution < -0.4 is 4.73 Å². The average molecular weight is 124 g/mol. The zero-order valence-corrected chi connectivity index (χ0v) is 4.52. The first kappa shape index (κ1) is 5.68. The van der Waals surface area contributed by atoms with Gasteiger partial charge in [-0.05, 0) is 0 Å². The van der Waals surface area contributed by atoms with Gasteiger partial charge in [0.05, 0.1) is 5.56 Å². The standard InChI is InChI=1S/C5H4N2O2/c8-3-5-1-6-4-7(9)2-5/h1-4H. The zero-order chi connectivity index (χ0) is 6.69. The molecule has 0 aromatic carbocycles. The molecule has 1 aromatic rings. The van der Waals surface area contributed by atoms with Gasteiger partial charge in [-0.25, -0.2) is 4.73 Å². The smallest absolute Gasteiger partial charge is 0.289 e. The van der Waals surface area contributed by atoms with Crippen molar-refractivity contribution in [2.45, 2.75) is 0 Å². The molecule has 0 spiro atoms. The van der Waals surface area contributed by atoms with Gasteiger partial charge >= 0.3 is 0 Å². The molecule has 46 valence electrons. The Morgan fingerprint density at radius 1 is 1.78 bits per heavy atom. The minimum Gasteiger partial charge on any atom is -0.711 e. The van der Waals surface area contributed by atoms with E-state index < -0.39 is 0 Å². The maximum atomic E-state index is 10.3. The Bertz CT molecular complexity index is 224. The molecule has 4 heteroatoms. The van der Waals surface area contributed by atoms with Gasteiger partial charge in [-0.2, -0.15) is 0 Å². The van der Waals surface area contributed by atoms with E-state index >= 15 is 0 Å². The molecule has 0 radical (unpaired) electrons. The minimum atomic E-state index is 0.285. The van der Waals surface area contributed by atoms with Crippen LogP contribution in [-0.4, -0.2) is 11.3 Å². The SMILES string of the molecule is O=Cc1cnc[n+]([O-])c1. The fourth-order valence-corrected chi connectivity index (χ4v) is 0.460. The minimum absolute atomic E-state index is 0.285. The number of carbonyl (C=O) groups is 1. The van der Waals surface area contributed by atoms with Crippen LogP contribution in [0.5, 0.6) is 0 Å². The van der Waals surface area contributed by atoms with E-state index in [4.69, 9.17) is 0 Å². The summed E-state index contributed by atoms with van der Waals surface area (Å²) < 4.78 is 0.476. The number of aromatic nitrogens is 2. The van der Waals surface area contributed by atoms with Crippen molar-refractivity contribution < 1.29 is 9.52 Å². The summed E-state index contributed by atoms with van der Waals surface area (Å²) >= 11 is 0. The lowest BCUT2D eigenvalue weighted by molar-refractivity contribution is -0.608. The van der Waals surface area contributed by atoms with Gasteiger partial charge in [0.25, 0.3) is 6.33 Å². The summed E-state index contributed by atoms with van der Waals surface area (Å²) in [6.07, 6.45) is 4.12. The number of carbonyl (C=O) groups excluding carboxylic acids is 1. The Kier molecular flexibility index (Phi) is 1.40. The number of aldehydes is 1. The molecule has 0 atom stereocenters. The predicted molar refractivity (Wildman–Crippen MR) is 28.6 cm³/mol. The Balaban J connectivity index is 3.07. The van der Waals surface area contributed by atoms with Crippen LogP contribution in [0.15, 0.2) is 18.7 Å². The van der Waals surface area contributed by atoms with Crippen molar-refractivity contribution in [2.75, 3.05) is 0 Å². The Labute approximate surface area is 51.4 Å². The molecule has 0 amide bonds. The quantitative estimate of drug-likeness (QED) is 0.289.